The summed E-state index contributed by atoms with van der Waals surface area (Å²) in [6.07, 6.45) is 5.95. The summed E-state index contributed by atoms with van der Waals surface area (Å²) in [7, 11) is 1.93. The monoisotopic (exact) mass is 346 g/mol. The van der Waals surface area contributed by atoms with Crippen molar-refractivity contribution in [2.45, 2.75) is 33.4 Å². The van der Waals surface area contributed by atoms with Gasteiger partial charge >= 0.3 is 0 Å². The number of hydrogen-bond acceptors (Lipinski definition) is 3. The number of imidazole rings is 1. The zero-order valence-electron chi connectivity index (χ0n) is 14.4. The fourth-order valence-corrected chi connectivity index (χ4v) is 2.71. The first-order valence-corrected chi connectivity index (χ1v) is 7.79. The van der Waals surface area contributed by atoms with Gasteiger partial charge in [0.2, 0.25) is 0 Å². The number of benzene rings is 1. The summed E-state index contributed by atoms with van der Waals surface area (Å²) in [5, 5.41) is 4.42. The number of rotatable bonds is 5. The largest absolute Gasteiger partial charge is 0.491 e. The minimum atomic E-state index is 0. The standard InChI is InChI=1S/C18H22N4O.ClH/c1-13(2)23-16-7-5-6-15(8-16)10-22-12-19-9-18(22)17-11-21(4)20-14(17)3;/h5-9,11-13H,10H2,1-4H3;1H. The van der Waals surface area contributed by atoms with Crippen molar-refractivity contribution in [1.82, 2.24) is 19.3 Å². The van der Waals surface area contributed by atoms with Gasteiger partial charge in [-0.25, -0.2) is 4.98 Å². The van der Waals surface area contributed by atoms with Crippen LogP contribution in [0.25, 0.3) is 11.3 Å². The molecular formula is C18H23ClN4O. The average molecular weight is 347 g/mol. The van der Waals surface area contributed by atoms with Gasteiger partial charge in [-0.05, 0) is 38.5 Å². The molecule has 0 saturated heterocycles. The Balaban J connectivity index is 0.00000208. The summed E-state index contributed by atoms with van der Waals surface area (Å²) < 4.78 is 9.74. The minimum Gasteiger partial charge on any atom is -0.491 e. The third kappa shape index (κ3) is 3.97. The summed E-state index contributed by atoms with van der Waals surface area (Å²) >= 11 is 0. The van der Waals surface area contributed by atoms with Gasteiger partial charge in [0.15, 0.2) is 0 Å². The molecule has 24 heavy (non-hydrogen) atoms. The van der Waals surface area contributed by atoms with Crippen LogP contribution in [-0.2, 0) is 13.6 Å². The molecular weight excluding hydrogens is 324 g/mol. The molecule has 2 heterocycles. The molecule has 2 aromatic heterocycles. The molecule has 0 amide bonds. The van der Waals surface area contributed by atoms with Crippen LogP contribution in [0.15, 0.2) is 43.0 Å². The fourth-order valence-electron chi connectivity index (χ4n) is 2.71. The quantitative estimate of drug-likeness (QED) is 0.705. The van der Waals surface area contributed by atoms with Crippen LogP contribution in [-0.4, -0.2) is 25.4 Å². The average Bonchev–Trinajstić information content (AvgIpc) is 3.04. The molecule has 0 bridgehead atoms. The Kier molecular flexibility index (Phi) is 5.67. The van der Waals surface area contributed by atoms with Crippen LogP contribution in [0.2, 0.25) is 0 Å². The van der Waals surface area contributed by atoms with E-state index in [1.54, 1.807) is 0 Å². The lowest BCUT2D eigenvalue weighted by molar-refractivity contribution is 0.242. The predicted octanol–water partition coefficient (Wildman–Crippen LogP) is 3.85. The summed E-state index contributed by atoms with van der Waals surface area (Å²) in [6.45, 7) is 6.83. The van der Waals surface area contributed by atoms with E-state index in [0.717, 1.165) is 29.2 Å². The van der Waals surface area contributed by atoms with Crippen molar-refractivity contribution in [3.63, 3.8) is 0 Å². The highest BCUT2D eigenvalue weighted by atomic mass is 35.5. The smallest absolute Gasteiger partial charge is 0.120 e. The van der Waals surface area contributed by atoms with Crippen LogP contribution in [0.3, 0.4) is 0 Å². The molecule has 0 N–H and O–H groups in total. The third-order valence-electron chi connectivity index (χ3n) is 3.62. The van der Waals surface area contributed by atoms with Crippen LogP contribution >= 0.6 is 12.4 Å². The van der Waals surface area contributed by atoms with Crippen molar-refractivity contribution in [3.05, 3.63) is 54.2 Å². The number of hydrogen-bond donors (Lipinski definition) is 0. The van der Waals surface area contributed by atoms with Crippen molar-refractivity contribution in [1.29, 1.82) is 0 Å². The molecule has 0 radical (unpaired) electrons. The number of halogens is 1. The molecule has 5 nitrogen and oxygen atoms in total. The molecule has 0 aliphatic heterocycles. The summed E-state index contributed by atoms with van der Waals surface area (Å²) in [4.78, 5) is 4.31. The van der Waals surface area contributed by atoms with E-state index in [1.165, 1.54) is 5.56 Å². The summed E-state index contributed by atoms with van der Waals surface area (Å²) in [5.41, 5.74) is 4.38. The van der Waals surface area contributed by atoms with Crippen molar-refractivity contribution in [3.8, 4) is 17.0 Å². The van der Waals surface area contributed by atoms with Gasteiger partial charge in [-0.15, -0.1) is 12.4 Å². The van der Waals surface area contributed by atoms with E-state index in [2.05, 4.69) is 26.8 Å². The van der Waals surface area contributed by atoms with Gasteiger partial charge in [0.05, 0.1) is 30.0 Å². The molecule has 0 spiro atoms. The first-order chi connectivity index (χ1) is 11.0. The molecule has 0 fully saturated rings. The van der Waals surface area contributed by atoms with Gasteiger partial charge in [0.25, 0.3) is 0 Å². The molecule has 0 aliphatic carbocycles. The maximum atomic E-state index is 5.77. The van der Waals surface area contributed by atoms with Crippen LogP contribution in [0.1, 0.15) is 25.1 Å². The highest BCUT2D eigenvalue weighted by molar-refractivity contribution is 5.85. The van der Waals surface area contributed by atoms with E-state index in [1.807, 2.05) is 63.4 Å². The molecule has 128 valence electrons. The lowest BCUT2D eigenvalue weighted by atomic mass is 10.1. The normalized spacial score (nSPS) is 10.7. The summed E-state index contributed by atoms with van der Waals surface area (Å²) in [6, 6.07) is 8.20. The number of nitrogens with zero attached hydrogens (tertiary/aromatic N) is 4. The van der Waals surface area contributed by atoms with Crippen LogP contribution in [0.4, 0.5) is 0 Å². The maximum absolute atomic E-state index is 5.77. The second kappa shape index (κ2) is 7.53. The zero-order valence-corrected chi connectivity index (χ0v) is 15.2. The van der Waals surface area contributed by atoms with E-state index < -0.39 is 0 Å². The molecule has 3 rings (SSSR count). The van der Waals surface area contributed by atoms with Gasteiger partial charge in [-0.2, -0.15) is 5.10 Å². The Bertz CT molecular complexity index is 807. The lowest BCUT2D eigenvalue weighted by Crippen LogP contribution is -2.06. The minimum absolute atomic E-state index is 0. The molecule has 0 unspecified atom stereocenters. The highest BCUT2D eigenvalue weighted by Gasteiger charge is 2.11. The van der Waals surface area contributed by atoms with Gasteiger partial charge in [0.1, 0.15) is 5.75 Å². The Labute approximate surface area is 148 Å². The SMILES string of the molecule is Cc1nn(C)cc1-c1cncn1Cc1cccc(OC(C)C)c1.Cl. The Morgan fingerprint density at radius 1 is 1.25 bits per heavy atom. The predicted molar refractivity (Wildman–Crippen MR) is 97.7 cm³/mol. The topological polar surface area (TPSA) is 44.9 Å². The van der Waals surface area contributed by atoms with Gasteiger partial charge in [-0.1, -0.05) is 12.1 Å². The molecule has 0 saturated carbocycles. The van der Waals surface area contributed by atoms with E-state index in [9.17, 15) is 0 Å². The molecule has 0 atom stereocenters. The molecule has 1 aromatic carbocycles. The third-order valence-corrected chi connectivity index (χ3v) is 3.62. The van der Waals surface area contributed by atoms with Gasteiger partial charge in [0, 0.05) is 25.4 Å². The van der Waals surface area contributed by atoms with Crippen molar-refractivity contribution in [2.24, 2.45) is 7.05 Å². The molecule has 0 aliphatic rings. The molecule has 6 heteroatoms. The second-order valence-corrected chi connectivity index (χ2v) is 6.02. The van der Waals surface area contributed by atoms with Gasteiger partial charge in [-0.3, -0.25) is 4.68 Å². The highest BCUT2D eigenvalue weighted by Crippen LogP contribution is 2.23. The molecule has 3 aromatic rings. The van der Waals surface area contributed by atoms with E-state index in [-0.39, 0.29) is 18.5 Å². The van der Waals surface area contributed by atoms with E-state index in [0.29, 0.717) is 0 Å². The van der Waals surface area contributed by atoms with E-state index >= 15 is 0 Å². The first-order valence-electron chi connectivity index (χ1n) is 7.79. The Hall–Kier alpha value is -2.27. The Morgan fingerprint density at radius 3 is 2.71 bits per heavy atom. The van der Waals surface area contributed by atoms with Crippen molar-refractivity contribution in [2.75, 3.05) is 0 Å². The lowest BCUT2D eigenvalue weighted by Gasteiger charge is -2.12. The number of aryl methyl sites for hydroxylation is 2. The number of ether oxygens (including phenoxy) is 1. The van der Waals surface area contributed by atoms with E-state index in [4.69, 9.17) is 4.74 Å². The van der Waals surface area contributed by atoms with Crippen LogP contribution in [0.5, 0.6) is 5.75 Å². The fraction of sp³-hybridized carbons (Fsp3) is 0.333. The van der Waals surface area contributed by atoms with Gasteiger partial charge < -0.3 is 9.30 Å². The zero-order chi connectivity index (χ0) is 16.4. The van der Waals surface area contributed by atoms with Crippen molar-refractivity contribution < 1.29 is 4.74 Å². The van der Waals surface area contributed by atoms with Crippen LogP contribution < -0.4 is 4.74 Å². The first kappa shape index (κ1) is 18.1. The van der Waals surface area contributed by atoms with Crippen molar-refractivity contribution >= 4 is 12.4 Å². The number of aromatic nitrogens is 4. The van der Waals surface area contributed by atoms with Crippen LogP contribution in [0, 0.1) is 6.92 Å². The Morgan fingerprint density at radius 2 is 2.04 bits per heavy atom. The second-order valence-electron chi connectivity index (χ2n) is 6.02. The maximum Gasteiger partial charge on any atom is 0.120 e. The summed E-state index contributed by atoms with van der Waals surface area (Å²) in [5.74, 6) is 0.900.